The van der Waals surface area contributed by atoms with Crippen LogP contribution in [0, 0.1) is 0 Å². The lowest BCUT2D eigenvalue weighted by atomic mass is 10.2. The normalized spacial score (nSPS) is 10.4. The summed E-state index contributed by atoms with van der Waals surface area (Å²) < 4.78 is 11.1. The predicted molar refractivity (Wildman–Crippen MR) is 81.6 cm³/mol. The minimum absolute atomic E-state index is 0.216. The van der Waals surface area contributed by atoms with Crippen molar-refractivity contribution in [2.75, 3.05) is 13.7 Å². The molecular weight excluding hydrogens is 266 g/mol. The van der Waals surface area contributed by atoms with Crippen molar-refractivity contribution < 1.29 is 14.6 Å². The minimum Gasteiger partial charge on any atom is -0.491 e. The van der Waals surface area contributed by atoms with Gasteiger partial charge in [0.25, 0.3) is 0 Å². The zero-order valence-electron chi connectivity index (χ0n) is 12.3. The molecule has 0 radical (unpaired) electrons. The van der Waals surface area contributed by atoms with Crippen molar-refractivity contribution in [2.45, 2.75) is 25.9 Å². The van der Waals surface area contributed by atoms with Crippen LogP contribution in [0.3, 0.4) is 0 Å². The fraction of sp³-hybridized carbons (Fsp3) is 0.353. The summed E-state index contributed by atoms with van der Waals surface area (Å²) in [7, 11) is 1.61. The Balaban J connectivity index is 2.03. The Hall–Kier alpha value is -2.07. The summed E-state index contributed by atoms with van der Waals surface area (Å²) in [4.78, 5) is 4.35. The zero-order chi connectivity index (χ0) is 14.9. The van der Waals surface area contributed by atoms with Crippen LogP contribution in [0.15, 0.2) is 42.6 Å². The lowest BCUT2D eigenvalue weighted by molar-refractivity contribution is 0.281. The highest BCUT2D eigenvalue weighted by Gasteiger charge is 2.07. The molecule has 2 rings (SSSR count). The first-order valence-corrected chi connectivity index (χ1v) is 7.14. The lowest BCUT2D eigenvalue weighted by Crippen LogP contribution is -2.00. The number of ether oxygens (including phenoxy) is 2. The number of aromatic nitrogens is 1. The topological polar surface area (TPSA) is 51.6 Å². The van der Waals surface area contributed by atoms with Gasteiger partial charge in [0.1, 0.15) is 6.61 Å². The molecule has 1 heterocycles. The third kappa shape index (κ3) is 4.76. The number of aliphatic hydroxyl groups excluding tert-OH is 1. The summed E-state index contributed by atoms with van der Waals surface area (Å²) in [5.41, 5.74) is 2.06. The van der Waals surface area contributed by atoms with Crippen LogP contribution in [0.25, 0.3) is 0 Å². The Labute approximate surface area is 125 Å². The Morgan fingerprint density at radius 1 is 1.10 bits per heavy atom. The van der Waals surface area contributed by atoms with E-state index in [-0.39, 0.29) is 6.61 Å². The highest BCUT2D eigenvalue weighted by atomic mass is 16.5. The molecule has 0 fully saturated rings. The van der Waals surface area contributed by atoms with Crippen molar-refractivity contribution in [3.8, 4) is 11.5 Å². The molecule has 1 aromatic heterocycles. The molecule has 0 saturated carbocycles. The fourth-order valence-electron chi connectivity index (χ4n) is 2.02. The second-order valence-electron chi connectivity index (χ2n) is 4.78. The quantitative estimate of drug-likeness (QED) is 0.758. The van der Waals surface area contributed by atoms with Crippen molar-refractivity contribution in [3.63, 3.8) is 0 Å². The summed E-state index contributed by atoms with van der Waals surface area (Å²) in [6.07, 6.45) is 4.21. The first-order valence-electron chi connectivity index (χ1n) is 7.14. The van der Waals surface area contributed by atoms with Crippen LogP contribution >= 0.6 is 0 Å². The molecule has 112 valence electrons. The molecule has 0 aliphatic carbocycles. The van der Waals surface area contributed by atoms with Gasteiger partial charge >= 0.3 is 0 Å². The van der Waals surface area contributed by atoms with Crippen LogP contribution in [-0.2, 0) is 13.0 Å². The molecule has 0 unspecified atom stereocenters. The van der Waals surface area contributed by atoms with Gasteiger partial charge in [0, 0.05) is 18.4 Å². The van der Waals surface area contributed by atoms with E-state index in [1.165, 1.54) is 0 Å². The SMILES string of the molecule is COc1cnc(CCCCO)cc1OCc1ccccc1. The molecule has 0 spiro atoms. The first kappa shape index (κ1) is 15.3. The Kier molecular flexibility index (Phi) is 6.03. The number of aryl methyl sites for hydroxylation is 1. The molecular formula is C17H21NO3. The van der Waals surface area contributed by atoms with Gasteiger partial charge in [0.2, 0.25) is 0 Å². The molecule has 2 aromatic rings. The molecule has 0 amide bonds. The van der Waals surface area contributed by atoms with Gasteiger partial charge in [-0.05, 0) is 24.8 Å². The standard InChI is InChI=1S/C17H21NO3/c1-20-17-12-18-15(9-5-6-10-19)11-16(17)21-13-14-7-3-2-4-8-14/h2-4,7-8,11-12,19H,5-6,9-10,13H2,1H3. The number of benzene rings is 1. The highest BCUT2D eigenvalue weighted by Crippen LogP contribution is 2.27. The van der Waals surface area contributed by atoms with Crippen LogP contribution < -0.4 is 9.47 Å². The van der Waals surface area contributed by atoms with E-state index < -0.39 is 0 Å². The molecule has 0 bridgehead atoms. The molecule has 0 aliphatic heterocycles. The molecule has 0 aliphatic rings. The molecule has 0 atom stereocenters. The maximum Gasteiger partial charge on any atom is 0.179 e. The molecule has 4 heteroatoms. The van der Waals surface area contributed by atoms with Gasteiger partial charge in [-0.3, -0.25) is 4.98 Å². The number of rotatable bonds is 8. The summed E-state index contributed by atoms with van der Waals surface area (Å²) in [6.45, 7) is 0.713. The van der Waals surface area contributed by atoms with Gasteiger partial charge in [0.15, 0.2) is 11.5 Å². The summed E-state index contributed by atoms with van der Waals surface area (Å²) in [6, 6.07) is 11.9. The first-order chi connectivity index (χ1) is 10.3. The minimum atomic E-state index is 0.216. The molecule has 1 aromatic carbocycles. The van der Waals surface area contributed by atoms with E-state index in [9.17, 15) is 0 Å². The molecule has 1 N–H and O–H groups in total. The largest absolute Gasteiger partial charge is 0.491 e. The number of aliphatic hydroxyl groups is 1. The van der Waals surface area contributed by atoms with Crippen molar-refractivity contribution in [1.82, 2.24) is 4.98 Å². The maximum atomic E-state index is 8.83. The number of hydrogen-bond acceptors (Lipinski definition) is 4. The van der Waals surface area contributed by atoms with E-state index in [0.29, 0.717) is 18.1 Å². The number of methoxy groups -OCH3 is 1. The van der Waals surface area contributed by atoms with Crippen molar-refractivity contribution in [1.29, 1.82) is 0 Å². The average Bonchev–Trinajstić information content (AvgIpc) is 2.54. The third-order valence-corrected chi connectivity index (χ3v) is 3.19. The summed E-state index contributed by atoms with van der Waals surface area (Å²) >= 11 is 0. The summed E-state index contributed by atoms with van der Waals surface area (Å²) in [5.74, 6) is 1.34. The van der Waals surface area contributed by atoms with Crippen molar-refractivity contribution in [2.24, 2.45) is 0 Å². The van der Waals surface area contributed by atoms with Crippen molar-refractivity contribution in [3.05, 3.63) is 53.9 Å². The third-order valence-electron chi connectivity index (χ3n) is 3.19. The van der Waals surface area contributed by atoms with Crippen LogP contribution in [0.5, 0.6) is 11.5 Å². The van der Waals surface area contributed by atoms with E-state index in [1.54, 1.807) is 13.3 Å². The second-order valence-corrected chi connectivity index (χ2v) is 4.78. The Morgan fingerprint density at radius 2 is 1.90 bits per heavy atom. The fourth-order valence-corrected chi connectivity index (χ4v) is 2.02. The monoisotopic (exact) mass is 287 g/mol. The molecule has 0 saturated heterocycles. The van der Waals surface area contributed by atoms with Crippen LogP contribution in [0.2, 0.25) is 0 Å². The Morgan fingerprint density at radius 3 is 2.62 bits per heavy atom. The van der Waals surface area contributed by atoms with E-state index in [4.69, 9.17) is 14.6 Å². The van der Waals surface area contributed by atoms with Gasteiger partial charge in [-0.1, -0.05) is 30.3 Å². The average molecular weight is 287 g/mol. The van der Waals surface area contributed by atoms with E-state index in [1.807, 2.05) is 36.4 Å². The second kappa shape index (κ2) is 8.27. The Bertz CT molecular complexity index is 543. The zero-order valence-corrected chi connectivity index (χ0v) is 12.3. The van der Waals surface area contributed by atoms with Crippen molar-refractivity contribution >= 4 is 0 Å². The molecule has 21 heavy (non-hydrogen) atoms. The van der Waals surface area contributed by atoms with Crippen LogP contribution in [0.4, 0.5) is 0 Å². The summed E-state index contributed by atoms with van der Waals surface area (Å²) in [5, 5.41) is 8.83. The number of hydrogen-bond donors (Lipinski definition) is 1. The van der Waals surface area contributed by atoms with Gasteiger partial charge in [-0.25, -0.2) is 0 Å². The van der Waals surface area contributed by atoms with Crippen LogP contribution in [0.1, 0.15) is 24.1 Å². The number of pyridine rings is 1. The predicted octanol–water partition coefficient (Wildman–Crippen LogP) is 2.98. The van der Waals surface area contributed by atoms with Gasteiger partial charge in [-0.2, -0.15) is 0 Å². The van der Waals surface area contributed by atoms with E-state index in [0.717, 1.165) is 30.5 Å². The van der Waals surface area contributed by atoms with Crippen LogP contribution in [-0.4, -0.2) is 23.8 Å². The molecule has 4 nitrogen and oxygen atoms in total. The van der Waals surface area contributed by atoms with E-state index in [2.05, 4.69) is 4.98 Å². The smallest absolute Gasteiger partial charge is 0.179 e. The lowest BCUT2D eigenvalue weighted by Gasteiger charge is -2.12. The van der Waals surface area contributed by atoms with Gasteiger partial charge in [0.05, 0.1) is 13.3 Å². The highest BCUT2D eigenvalue weighted by molar-refractivity contribution is 5.39. The van der Waals surface area contributed by atoms with Gasteiger partial charge < -0.3 is 14.6 Å². The number of unbranched alkanes of at least 4 members (excludes halogenated alkanes) is 1. The van der Waals surface area contributed by atoms with Gasteiger partial charge in [-0.15, -0.1) is 0 Å². The van der Waals surface area contributed by atoms with E-state index >= 15 is 0 Å². The maximum absolute atomic E-state index is 8.83. The number of nitrogens with zero attached hydrogens (tertiary/aromatic N) is 1.